The van der Waals surface area contributed by atoms with Crippen LogP contribution in [0.3, 0.4) is 0 Å². The average Bonchev–Trinajstić information content (AvgIpc) is 2.88. The van der Waals surface area contributed by atoms with Crippen molar-refractivity contribution < 1.29 is 18.8 Å². The molecule has 1 spiro atoms. The highest BCUT2D eigenvalue weighted by atomic mass is 19.1. The largest absolute Gasteiger partial charge is 0.366 e. The first kappa shape index (κ1) is 13.3. The minimum Gasteiger partial charge on any atom is -0.366 e. The average molecular weight is 282 g/mol. The Hall–Kier alpha value is -1.73. The molecule has 20 heavy (non-hydrogen) atoms. The van der Waals surface area contributed by atoms with Crippen molar-refractivity contribution >= 4 is 11.4 Å². The van der Waals surface area contributed by atoms with Gasteiger partial charge in [-0.15, -0.1) is 0 Å². The van der Waals surface area contributed by atoms with E-state index >= 15 is 0 Å². The van der Waals surface area contributed by atoms with E-state index in [0.29, 0.717) is 44.8 Å². The van der Waals surface area contributed by atoms with Crippen LogP contribution in [0, 0.1) is 15.9 Å². The molecule has 2 fully saturated rings. The van der Waals surface area contributed by atoms with Gasteiger partial charge in [-0.25, -0.2) is 4.39 Å². The molecule has 7 heteroatoms. The number of nitrogens with zero attached hydrogens (tertiary/aromatic N) is 2. The molecule has 0 aromatic heterocycles. The number of piperidine rings is 1. The minimum absolute atomic E-state index is 0.200. The van der Waals surface area contributed by atoms with E-state index in [4.69, 9.17) is 9.47 Å². The van der Waals surface area contributed by atoms with E-state index in [9.17, 15) is 14.5 Å². The summed E-state index contributed by atoms with van der Waals surface area (Å²) in [5.41, 5.74) is 0.249. The molecule has 0 radical (unpaired) electrons. The van der Waals surface area contributed by atoms with Gasteiger partial charge in [-0.05, 0) is 12.1 Å². The van der Waals surface area contributed by atoms with Crippen molar-refractivity contribution in [2.75, 3.05) is 31.2 Å². The Morgan fingerprint density at radius 1 is 1.25 bits per heavy atom. The van der Waals surface area contributed by atoms with Gasteiger partial charge in [0, 0.05) is 25.9 Å². The van der Waals surface area contributed by atoms with Crippen LogP contribution in [-0.2, 0) is 9.47 Å². The van der Waals surface area contributed by atoms with Crippen LogP contribution in [0.4, 0.5) is 15.8 Å². The predicted octanol–water partition coefficient (Wildman–Crippen LogP) is 2.08. The van der Waals surface area contributed by atoms with Crippen molar-refractivity contribution in [3.05, 3.63) is 34.1 Å². The number of rotatable bonds is 2. The lowest BCUT2D eigenvalue weighted by atomic mass is 10.0. The molecule has 0 saturated carbocycles. The summed E-state index contributed by atoms with van der Waals surface area (Å²) in [6.45, 7) is 2.37. The molecule has 108 valence electrons. The Labute approximate surface area is 115 Å². The van der Waals surface area contributed by atoms with E-state index in [1.165, 1.54) is 12.1 Å². The maximum atomic E-state index is 13.2. The highest BCUT2D eigenvalue weighted by molar-refractivity contribution is 5.63. The number of nitro groups is 1. The maximum Gasteiger partial charge on any atom is 0.295 e. The normalized spacial score (nSPS) is 21.4. The zero-order chi connectivity index (χ0) is 14.2. The van der Waals surface area contributed by atoms with Crippen molar-refractivity contribution in [2.24, 2.45) is 0 Å². The minimum atomic E-state index is -0.601. The molecule has 0 atom stereocenters. The summed E-state index contributed by atoms with van der Waals surface area (Å²) < 4.78 is 24.4. The first-order chi connectivity index (χ1) is 9.60. The number of benzene rings is 1. The van der Waals surface area contributed by atoms with Gasteiger partial charge in [0.05, 0.1) is 24.2 Å². The summed E-state index contributed by atoms with van der Waals surface area (Å²) in [7, 11) is 0. The van der Waals surface area contributed by atoms with Gasteiger partial charge in [0.15, 0.2) is 5.79 Å². The molecule has 2 saturated heterocycles. The molecule has 2 aliphatic heterocycles. The highest BCUT2D eigenvalue weighted by Gasteiger charge is 2.40. The molecule has 0 aliphatic carbocycles. The van der Waals surface area contributed by atoms with Crippen LogP contribution in [0.2, 0.25) is 0 Å². The number of nitro benzene ring substituents is 1. The maximum absolute atomic E-state index is 13.2. The first-order valence-corrected chi connectivity index (χ1v) is 6.56. The molecule has 0 amide bonds. The molecule has 2 aliphatic rings. The van der Waals surface area contributed by atoms with Gasteiger partial charge in [-0.1, -0.05) is 0 Å². The fourth-order valence-electron chi connectivity index (χ4n) is 2.78. The molecule has 0 N–H and O–H groups in total. The molecule has 6 nitrogen and oxygen atoms in total. The van der Waals surface area contributed by atoms with E-state index in [1.807, 2.05) is 4.90 Å². The van der Waals surface area contributed by atoms with Gasteiger partial charge in [-0.2, -0.15) is 0 Å². The Kier molecular flexibility index (Phi) is 3.31. The van der Waals surface area contributed by atoms with Crippen LogP contribution in [0.5, 0.6) is 0 Å². The zero-order valence-corrected chi connectivity index (χ0v) is 10.9. The summed E-state index contributed by atoms with van der Waals surface area (Å²) in [6.07, 6.45) is 1.31. The lowest BCUT2D eigenvalue weighted by Crippen LogP contribution is -2.45. The first-order valence-electron chi connectivity index (χ1n) is 6.56. The van der Waals surface area contributed by atoms with Crippen LogP contribution < -0.4 is 4.90 Å². The lowest BCUT2D eigenvalue weighted by Gasteiger charge is -2.38. The van der Waals surface area contributed by atoms with Crippen molar-refractivity contribution in [3.63, 3.8) is 0 Å². The Morgan fingerprint density at radius 2 is 1.90 bits per heavy atom. The second-order valence-electron chi connectivity index (χ2n) is 4.98. The quantitative estimate of drug-likeness (QED) is 0.613. The summed E-state index contributed by atoms with van der Waals surface area (Å²) in [4.78, 5) is 12.4. The zero-order valence-electron chi connectivity index (χ0n) is 10.9. The number of anilines is 1. The van der Waals surface area contributed by atoms with Gasteiger partial charge >= 0.3 is 0 Å². The topological polar surface area (TPSA) is 64.8 Å². The number of halogens is 1. The molecular weight excluding hydrogens is 267 g/mol. The van der Waals surface area contributed by atoms with E-state index in [0.717, 1.165) is 6.07 Å². The fraction of sp³-hybridized carbons (Fsp3) is 0.538. The number of ether oxygens (including phenoxy) is 2. The molecular formula is C13H15FN2O4. The monoisotopic (exact) mass is 282 g/mol. The Balaban J connectivity index is 1.79. The standard InChI is InChI=1S/C13H15FN2O4/c14-10-1-2-11(12(9-10)16(17)18)15-5-3-13(4-6-15)19-7-8-20-13/h1-2,9H,3-8H2. The van der Waals surface area contributed by atoms with Crippen molar-refractivity contribution in [1.82, 2.24) is 0 Å². The SMILES string of the molecule is O=[N+]([O-])c1cc(F)ccc1N1CCC2(CC1)OCCO2. The second-order valence-corrected chi connectivity index (χ2v) is 4.98. The predicted molar refractivity (Wildman–Crippen MR) is 69.1 cm³/mol. The van der Waals surface area contributed by atoms with E-state index in [2.05, 4.69) is 0 Å². The highest BCUT2D eigenvalue weighted by Crippen LogP contribution is 2.36. The second kappa shape index (κ2) is 4.99. The van der Waals surface area contributed by atoms with E-state index in [-0.39, 0.29) is 5.69 Å². The fourth-order valence-corrected chi connectivity index (χ4v) is 2.78. The van der Waals surface area contributed by atoms with Crippen LogP contribution in [-0.4, -0.2) is 37.0 Å². The van der Waals surface area contributed by atoms with Crippen LogP contribution in [0.25, 0.3) is 0 Å². The molecule has 1 aromatic rings. The number of hydrogen-bond donors (Lipinski definition) is 0. The molecule has 3 rings (SSSR count). The summed E-state index contributed by atoms with van der Waals surface area (Å²) in [5, 5.41) is 11.0. The van der Waals surface area contributed by atoms with Gasteiger partial charge in [0.2, 0.25) is 0 Å². The smallest absolute Gasteiger partial charge is 0.295 e. The van der Waals surface area contributed by atoms with Gasteiger partial charge in [0.25, 0.3) is 5.69 Å². The Bertz CT molecular complexity index is 521. The molecule has 1 aromatic carbocycles. The van der Waals surface area contributed by atoms with E-state index < -0.39 is 16.5 Å². The summed E-state index contributed by atoms with van der Waals surface area (Å²) in [5.74, 6) is -1.12. The lowest BCUT2D eigenvalue weighted by molar-refractivity contribution is -0.384. The molecule has 0 unspecified atom stereocenters. The number of hydrogen-bond acceptors (Lipinski definition) is 5. The third-order valence-corrected chi connectivity index (χ3v) is 3.81. The summed E-state index contributed by atoms with van der Waals surface area (Å²) >= 11 is 0. The van der Waals surface area contributed by atoms with E-state index in [1.54, 1.807) is 0 Å². The third-order valence-electron chi connectivity index (χ3n) is 3.81. The van der Waals surface area contributed by atoms with Crippen molar-refractivity contribution in [2.45, 2.75) is 18.6 Å². The Morgan fingerprint density at radius 3 is 2.50 bits per heavy atom. The third kappa shape index (κ3) is 2.34. The van der Waals surface area contributed by atoms with Crippen LogP contribution >= 0.6 is 0 Å². The van der Waals surface area contributed by atoms with Crippen molar-refractivity contribution in [1.29, 1.82) is 0 Å². The van der Waals surface area contributed by atoms with Gasteiger partial charge in [0.1, 0.15) is 11.5 Å². The molecule has 2 heterocycles. The van der Waals surface area contributed by atoms with Crippen LogP contribution in [0.15, 0.2) is 18.2 Å². The summed E-state index contributed by atoms with van der Waals surface area (Å²) in [6, 6.07) is 3.67. The van der Waals surface area contributed by atoms with Gasteiger partial charge < -0.3 is 14.4 Å². The van der Waals surface area contributed by atoms with Crippen molar-refractivity contribution in [3.8, 4) is 0 Å². The van der Waals surface area contributed by atoms with Gasteiger partial charge in [-0.3, -0.25) is 10.1 Å². The molecule has 0 bridgehead atoms. The van der Waals surface area contributed by atoms with Crippen LogP contribution in [0.1, 0.15) is 12.8 Å².